The fraction of sp³-hybridized carbons (Fsp3) is 0.366. The summed E-state index contributed by atoms with van der Waals surface area (Å²) in [6.07, 6.45) is 8.52. The van der Waals surface area contributed by atoms with Gasteiger partial charge >= 0.3 is 6.55 Å². The third-order valence-electron chi connectivity index (χ3n) is 11.8. The number of nitrogens with zero attached hydrogens (tertiary/aromatic N) is 7. The fourth-order valence-electron chi connectivity index (χ4n) is 8.73. The maximum atomic E-state index is 14.1. The van der Waals surface area contributed by atoms with Crippen molar-refractivity contribution in [1.82, 2.24) is 29.7 Å². The van der Waals surface area contributed by atoms with Crippen LogP contribution in [0.1, 0.15) is 59.4 Å². The van der Waals surface area contributed by atoms with Gasteiger partial charge in [0.1, 0.15) is 11.9 Å². The van der Waals surface area contributed by atoms with Crippen molar-refractivity contribution in [1.29, 1.82) is 0 Å². The van der Waals surface area contributed by atoms with Crippen molar-refractivity contribution in [3.05, 3.63) is 84.3 Å². The molecular formula is C41H40F2N8O4. The number of piperazine rings is 1. The summed E-state index contributed by atoms with van der Waals surface area (Å²) < 4.78 is 29.3. The van der Waals surface area contributed by atoms with Crippen molar-refractivity contribution in [3.63, 3.8) is 0 Å². The number of piperidine rings is 2. The SMILES string of the molecule is O=C1CCC(N2C(=O)c3ccc(N4CCN(CCC5CCN(c6ccc(-c7ccc8c9cnccc9n(C(F)F)c8c7)cn6)CC5)CC4)cc3C2=O)C(=O)N1. The van der Waals surface area contributed by atoms with Gasteiger partial charge in [-0.1, -0.05) is 12.1 Å². The summed E-state index contributed by atoms with van der Waals surface area (Å²) in [5.74, 6) is -0.426. The number of alkyl halides is 2. The van der Waals surface area contributed by atoms with E-state index in [0.717, 1.165) is 103 Å². The number of hydrogen-bond donors (Lipinski definition) is 1. The normalized spacial score (nSPS) is 20.0. The molecular weight excluding hydrogens is 706 g/mol. The minimum atomic E-state index is -2.67. The summed E-state index contributed by atoms with van der Waals surface area (Å²) in [5.41, 5.74) is 4.13. The smallest absolute Gasteiger partial charge is 0.319 e. The summed E-state index contributed by atoms with van der Waals surface area (Å²) in [5, 5.41) is 3.69. The summed E-state index contributed by atoms with van der Waals surface area (Å²) in [6, 6.07) is 15.6. The predicted octanol–water partition coefficient (Wildman–Crippen LogP) is 5.48. The second kappa shape index (κ2) is 14.1. The molecule has 7 heterocycles. The van der Waals surface area contributed by atoms with Crippen LogP contribution in [0.5, 0.6) is 0 Å². The first-order valence-electron chi connectivity index (χ1n) is 18.9. The molecule has 14 heteroatoms. The molecule has 4 aliphatic rings. The van der Waals surface area contributed by atoms with E-state index in [1.807, 2.05) is 42.6 Å². The molecule has 4 amide bonds. The van der Waals surface area contributed by atoms with E-state index in [4.69, 9.17) is 4.98 Å². The zero-order valence-corrected chi connectivity index (χ0v) is 30.2. The number of anilines is 2. The molecule has 55 heavy (non-hydrogen) atoms. The Morgan fingerprint density at radius 2 is 1.53 bits per heavy atom. The molecule has 3 fully saturated rings. The van der Waals surface area contributed by atoms with Gasteiger partial charge in [0.2, 0.25) is 11.8 Å². The van der Waals surface area contributed by atoms with E-state index in [2.05, 4.69) is 25.0 Å². The minimum absolute atomic E-state index is 0.0909. The van der Waals surface area contributed by atoms with E-state index >= 15 is 0 Å². The number of fused-ring (bicyclic) bond motifs is 4. The van der Waals surface area contributed by atoms with Gasteiger partial charge in [0, 0.05) is 86.3 Å². The highest BCUT2D eigenvalue weighted by atomic mass is 19.3. The van der Waals surface area contributed by atoms with Crippen LogP contribution in [-0.2, 0) is 9.59 Å². The fourth-order valence-corrected chi connectivity index (χ4v) is 8.73. The molecule has 5 aromatic rings. The number of pyridine rings is 2. The van der Waals surface area contributed by atoms with Gasteiger partial charge in [-0.3, -0.25) is 43.8 Å². The summed E-state index contributed by atoms with van der Waals surface area (Å²) in [4.78, 5) is 67.4. The van der Waals surface area contributed by atoms with Crippen LogP contribution in [0.2, 0.25) is 0 Å². The maximum absolute atomic E-state index is 14.1. The molecule has 1 N–H and O–H groups in total. The van der Waals surface area contributed by atoms with E-state index in [1.165, 1.54) is 6.20 Å². The van der Waals surface area contributed by atoms with Crippen molar-refractivity contribution >= 4 is 56.9 Å². The van der Waals surface area contributed by atoms with Crippen LogP contribution >= 0.6 is 0 Å². The summed E-state index contributed by atoms with van der Waals surface area (Å²) >= 11 is 0. The second-order valence-corrected chi connectivity index (χ2v) is 14.9. The first kappa shape index (κ1) is 35.0. The van der Waals surface area contributed by atoms with Gasteiger partial charge < -0.3 is 9.80 Å². The molecule has 0 aliphatic carbocycles. The molecule has 9 rings (SSSR count). The Morgan fingerprint density at radius 1 is 0.745 bits per heavy atom. The molecule has 3 saturated heterocycles. The van der Waals surface area contributed by atoms with Crippen molar-refractivity contribution in [2.24, 2.45) is 5.92 Å². The molecule has 12 nitrogen and oxygen atoms in total. The summed E-state index contributed by atoms with van der Waals surface area (Å²) in [7, 11) is 0. The zero-order chi connectivity index (χ0) is 37.8. The number of hydrogen-bond acceptors (Lipinski definition) is 9. The lowest BCUT2D eigenvalue weighted by Crippen LogP contribution is -2.54. The molecule has 1 unspecified atom stereocenters. The highest BCUT2D eigenvalue weighted by Crippen LogP contribution is 2.36. The van der Waals surface area contributed by atoms with Gasteiger partial charge in [-0.2, -0.15) is 8.78 Å². The van der Waals surface area contributed by atoms with E-state index < -0.39 is 36.2 Å². The van der Waals surface area contributed by atoms with Gasteiger partial charge in [-0.15, -0.1) is 0 Å². The average Bonchev–Trinajstić information content (AvgIpc) is 3.67. The number of nitrogens with one attached hydrogen (secondary N) is 1. The molecule has 0 radical (unpaired) electrons. The number of rotatable bonds is 8. The number of halogens is 2. The lowest BCUT2D eigenvalue weighted by atomic mass is 9.93. The highest BCUT2D eigenvalue weighted by molar-refractivity contribution is 6.23. The van der Waals surface area contributed by atoms with Crippen LogP contribution in [-0.4, -0.2) is 99.8 Å². The van der Waals surface area contributed by atoms with Crippen molar-refractivity contribution < 1.29 is 28.0 Å². The van der Waals surface area contributed by atoms with Crippen molar-refractivity contribution in [3.8, 4) is 11.1 Å². The lowest BCUT2D eigenvalue weighted by Gasteiger charge is -2.38. The van der Waals surface area contributed by atoms with Crippen LogP contribution < -0.4 is 15.1 Å². The first-order valence-corrected chi connectivity index (χ1v) is 18.9. The topological polar surface area (TPSA) is 124 Å². The monoisotopic (exact) mass is 746 g/mol. The van der Waals surface area contributed by atoms with Gasteiger partial charge in [0.05, 0.1) is 22.2 Å². The highest BCUT2D eigenvalue weighted by Gasteiger charge is 2.44. The largest absolute Gasteiger partial charge is 0.369 e. The lowest BCUT2D eigenvalue weighted by molar-refractivity contribution is -0.136. The minimum Gasteiger partial charge on any atom is -0.369 e. The molecule has 282 valence electrons. The number of aromatic nitrogens is 3. The Bertz CT molecular complexity index is 2330. The number of imide groups is 2. The van der Waals surface area contributed by atoms with Gasteiger partial charge in [0.25, 0.3) is 11.8 Å². The Hall–Kier alpha value is -5.76. The Balaban J connectivity index is 0.758. The average molecular weight is 747 g/mol. The summed E-state index contributed by atoms with van der Waals surface area (Å²) in [6.45, 7) is 3.62. The molecule has 3 aromatic heterocycles. The molecule has 4 aliphatic heterocycles. The Kier molecular flexibility index (Phi) is 8.99. The van der Waals surface area contributed by atoms with Gasteiger partial charge in [-0.05, 0) is 86.2 Å². The number of benzene rings is 2. The van der Waals surface area contributed by atoms with E-state index in [9.17, 15) is 28.0 Å². The van der Waals surface area contributed by atoms with E-state index in [-0.39, 0.29) is 12.8 Å². The third kappa shape index (κ3) is 6.37. The van der Waals surface area contributed by atoms with Gasteiger partial charge in [0.15, 0.2) is 0 Å². The quantitative estimate of drug-likeness (QED) is 0.206. The predicted molar refractivity (Wildman–Crippen MR) is 203 cm³/mol. The Labute approximate surface area is 315 Å². The number of amides is 4. The molecule has 1 atom stereocenters. The van der Waals surface area contributed by atoms with Crippen LogP contribution in [0.3, 0.4) is 0 Å². The van der Waals surface area contributed by atoms with Crippen LogP contribution in [0, 0.1) is 5.92 Å². The standard InChI is InChI=1S/C41H40F2N8O4/c42-41(43)50-33-9-13-44-24-32(33)29-4-1-26(21-35(29)50)27-2-7-36(45-23-27)49-15-11-25(12-16-49)10-14-47-17-19-48(20-18-47)28-3-5-30-31(22-28)40(55)51(39(30)54)34-6-8-37(52)46-38(34)53/h1-5,7,9,13,21-25,34,41H,6,8,10-12,14-20H2,(H,46,52,53). The Morgan fingerprint density at radius 3 is 2.27 bits per heavy atom. The number of carbonyl (C=O) groups is 4. The van der Waals surface area contributed by atoms with Crippen LogP contribution in [0.4, 0.5) is 20.3 Å². The third-order valence-corrected chi connectivity index (χ3v) is 11.8. The van der Waals surface area contributed by atoms with Crippen LogP contribution in [0.15, 0.2) is 73.2 Å². The second-order valence-electron chi connectivity index (χ2n) is 14.9. The molecule has 0 spiro atoms. The molecule has 0 bridgehead atoms. The maximum Gasteiger partial charge on any atom is 0.319 e. The first-order chi connectivity index (χ1) is 26.7. The molecule has 2 aromatic carbocycles. The number of carbonyl (C=O) groups excluding carboxylic acids is 4. The zero-order valence-electron chi connectivity index (χ0n) is 30.2. The molecule has 0 saturated carbocycles. The van der Waals surface area contributed by atoms with E-state index in [0.29, 0.717) is 33.5 Å². The van der Waals surface area contributed by atoms with E-state index in [1.54, 1.807) is 24.4 Å². The van der Waals surface area contributed by atoms with Gasteiger partial charge in [-0.25, -0.2) is 4.98 Å². The van der Waals surface area contributed by atoms with Crippen molar-refractivity contribution in [2.75, 3.05) is 55.6 Å². The van der Waals surface area contributed by atoms with Crippen molar-refractivity contribution in [2.45, 2.75) is 44.7 Å². The van der Waals surface area contributed by atoms with Crippen LogP contribution in [0.25, 0.3) is 32.9 Å².